The number of carbonyl (C=O) groups excluding carboxylic acids is 2. The van der Waals surface area contributed by atoms with Gasteiger partial charge in [0.25, 0.3) is 0 Å². The van der Waals surface area contributed by atoms with Gasteiger partial charge in [0, 0.05) is 19.1 Å². The van der Waals surface area contributed by atoms with Crippen molar-refractivity contribution in [1.29, 1.82) is 0 Å². The minimum atomic E-state index is -0.432. The van der Waals surface area contributed by atoms with Crippen LogP contribution in [0.2, 0.25) is 0 Å². The van der Waals surface area contributed by atoms with Crippen LogP contribution in [-0.4, -0.2) is 55.1 Å². The second kappa shape index (κ2) is 8.21. The van der Waals surface area contributed by atoms with Gasteiger partial charge in [-0.1, -0.05) is 0 Å². The molecule has 0 spiro atoms. The molecule has 1 heterocycles. The van der Waals surface area contributed by atoms with Crippen LogP contribution in [0.1, 0.15) is 34.1 Å². The summed E-state index contributed by atoms with van der Waals surface area (Å²) < 4.78 is 0. The number of hydrogen-bond acceptors (Lipinski definition) is 4. The smallest absolute Gasteiger partial charge is 0.321 e. The van der Waals surface area contributed by atoms with Crippen LogP contribution in [0.4, 0.5) is 4.79 Å². The molecule has 0 aliphatic carbocycles. The second-order valence-corrected chi connectivity index (χ2v) is 5.72. The van der Waals surface area contributed by atoms with Gasteiger partial charge in [-0.05, 0) is 53.1 Å². The molecule has 0 aromatic carbocycles. The largest absolute Gasteiger partial charge is 0.338 e. The predicted octanol–water partition coefficient (Wildman–Crippen LogP) is 0.541. The third-order valence-corrected chi connectivity index (χ3v) is 3.73. The third-order valence-electron chi connectivity index (χ3n) is 3.73. The Labute approximate surface area is 121 Å². The molecule has 1 aliphatic rings. The zero-order valence-electron chi connectivity index (χ0n) is 13.0. The van der Waals surface area contributed by atoms with E-state index < -0.39 is 6.03 Å². The molecule has 0 radical (unpaired) electrons. The molecule has 2 atom stereocenters. The van der Waals surface area contributed by atoms with Crippen LogP contribution < -0.4 is 16.0 Å². The van der Waals surface area contributed by atoms with Gasteiger partial charge in [0.15, 0.2) is 0 Å². The Balaban J connectivity index is 2.24. The number of nitrogens with one attached hydrogen (secondary N) is 3. The summed E-state index contributed by atoms with van der Waals surface area (Å²) in [6.45, 7) is 11.5. The summed E-state index contributed by atoms with van der Waals surface area (Å²) in [4.78, 5) is 25.5. The molecular weight excluding hydrogens is 256 g/mol. The molecule has 0 aromatic heterocycles. The van der Waals surface area contributed by atoms with E-state index in [1.54, 1.807) is 6.92 Å². The lowest BCUT2D eigenvalue weighted by Crippen LogP contribution is -2.49. The highest BCUT2D eigenvalue weighted by Gasteiger charge is 2.25. The molecule has 1 aliphatic heterocycles. The van der Waals surface area contributed by atoms with E-state index in [1.165, 1.54) is 0 Å². The van der Waals surface area contributed by atoms with Crippen molar-refractivity contribution >= 4 is 11.9 Å². The van der Waals surface area contributed by atoms with Crippen LogP contribution in [0.25, 0.3) is 0 Å². The monoisotopic (exact) mass is 284 g/mol. The zero-order valence-corrected chi connectivity index (χ0v) is 13.0. The van der Waals surface area contributed by atoms with Crippen molar-refractivity contribution in [3.05, 3.63) is 0 Å². The molecule has 20 heavy (non-hydrogen) atoms. The molecule has 1 fully saturated rings. The Hall–Kier alpha value is -1.14. The van der Waals surface area contributed by atoms with Crippen LogP contribution in [0.3, 0.4) is 0 Å². The second-order valence-electron chi connectivity index (χ2n) is 5.72. The SMILES string of the molecule is CCNC(=O)NC(=O)C(C)NCC1CCN(C(C)C)C1. The van der Waals surface area contributed by atoms with E-state index in [2.05, 4.69) is 34.7 Å². The zero-order chi connectivity index (χ0) is 15.1. The van der Waals surface area contributed by atoms with E-state index in [1.807, 2.05) is 6.92 Å². The summed E-state index contributed by atoms with van der Waals surface area (Å²) in [5, 5.41) is 8.08. The first-order valence-corrected chi connectivity index (χ1v) is 7.50. The van der Waals surface area contributed by atoms with Crippen molar-refractivity contribution < 1.29 is 9.59 Å². The minimum Gasteiger partial charge on any atom is -0.338 e. The quantitative estimate of drug-likeness (QED) is 0.665. The molecule has 0 aromatic rings. The summed E-state index contributed by atoms with van der Waals surface area (Å²) in [6, 6.07) is -0.206. The molecule has 6 nitrogen and oxygen atoms in total. The Bertz CT molecular complexity index is 333. The summed E-state index contributed by atoms with van der Waals surface area (Å²) >= 11 is 0. The van der Waals surface area contributed by atoms with Crippen molar-refractivity contribution in [1.82, 2.24) is 20.9 Å². The predicted molar refractivity (Wildman–Crippen MR) is 79.5 cm³/mol. The van der Waals surface area contributed by atoms with Gasteiger partial charge in [0.2, 0.25) is 5.91 Å². The Morgan fingerprint density at radius 2 is 2.00 bits per heavy atom. The van der Waals surface area contributed by atoms with E-state index in [0.29, 0.717) is 18.5 Å². The maximum atomic E-state index is 11.8. The first-order valence-electron chi connectivity index (χ1n) is 7.50. The number of amides is 3. The Morgan fingerprint density at radius 3 is 2.55 bits per heavy atom. The molecule has 1 saturated heterocycles. The number of imide groups is 1. The van der Waals surface area contributed by atoms with E-state index in [0.717, 1.165) is 26.1 Å². The highest BCUT2D eigenvalue weighted by Crippen LogP contribution is 2.17. The van der Waals surface area contributed by atoms with Gasteiger partial charge >= 0.3 is 6.03 Å². The molecule has 1 rings (SSSR count). The van der Waals surface area contributed by atoms with Gasteiger partial charge in [-0.2, -0.15) is 0 Å². The van der Waals surface area contributed by atoms with Crippen molar-refractivity contribution in [3.8, 4) is 0 Å². The highest BCUT2D eigenvalue weighted by molar-refractivity contribution is 5.96. The number of urea groups is 1. The average molecular weight is 284 g/mol. The fourth-order valence-corrected chi connectivity index (χ4v) is 2.36. The lowest BCUT2D eigenvalue weighted by Gasteiger charge is -2.21. The number of carbonyl (C=O) groups is 2. The summed E-state index contributed by atoms with van der Waals surface area (Å²) in [6.07, 6.45) is 1.16. The maximum absolute atomic E-state index is 11.8. The van der Waals surface area contributed by atoms with Crippen LogP contribution >= 0.6 is 0 Å². The lowest BCUT2D eigenvalue weighted by molar-refractivity contribution is -0.121. The number of hydrogen-bond donors (Lipinski definition) is 3. The summed E-state index contributed by atoms with van der Waals surface area (Å²) in [5.41, 5.74) is 0. The number of likely N-dealkylation sites (tertiary alicyclic amines) is 1. The standard InChI is InChI=1S/C14H28N4O2/c1-5-15-14(20)17-13(19)11(4)16-8-12-6-7-18(9-12)10(2)3/h10-12,16H,5-9H2,1-4H3,(H2,15,17,19,20). The first kappa shape index (κ1) is 16.9. The van der Waals surface area contributed by atoms with Crippen LogP contribution in [0, 0.1) is 5.92 Å². The van der Waals surface area contributed by atoms with Crippen molar-refractivity contribution in [2.24, 2.45) is 5.92 Å². The van der Waals surface area contributed by atoms with Crippen LogP contribution in [0.5, 0.6) is 0 Å². The first-order chi connectivity index (χ1) is 9.43. The topological polar surface area (TPSA) is 73.5 Å². The molecule has 2 unspecified atom stereocenters. The normalized spacial score (nSPS) is 20.9. The van der Waals surface area contributed by atoms with Gasteiger partial charge in [0.1, 0.15) is 0 Å². The van der Waals surface area contributed by atoms with E-state index in [9.17, 15) is 9.59 Å². The fourth-order valence-electron chi connectivity index (χ4n) is 2.36. The number of rotatable bonds is 6. The molecular formula is C14H28N4O2. The van der Waals surface area contributed by atoms with Crippen molar-refractivity contribution in [3.63, 3.8) is 0 Å². The molecule has 116 valence electrons. The molecule has 0 bridgehead atoms. The van der Waals surface area contributed by atoms with Gasteiger partial charge in [-0.15, -0.1) is 0 Å². The highest BCUT2D eigenvalue weighted by atomic mass is 16.2. The van der Waals surface area contributed by atoms with Gasteiger partial charge in [0.05, 0.1) is 6.04 Å². The fraction of sp³-hybridized carbons (Fsp3) is 0.857. The van der Waals surface area contributed by atoms with Crippen molar-refractivity contribution in [2.75, 3.05) is 26.2 Å². The summed E-state index contributed by atoms with van der Waals surface area (Å²) in [5.74, 6) is 0.298. The van der Waals surface area contributed by atoms with Crippen LogP contribution in [-0.2, 0) is 4.79 Å². The summed E-state index contributed by atoms with van der Waals surface area (Å²) in [7, 11) is 0. The Kier molecular flexibility index (Phi) is 6.95. The maximum Gasteiger partial charge on any atom is 0.321 e. The van der Waals surface area contributed by atoms with Gasteiger partial charge in [-0.25, -0.2) is 4.79 Å². The van der Waals surface area contributed by atoms with E-state index >= 15 is 0 Å². The van der Waals surface area contributed by atoms with E-state index in [4.69, 9.17) is 0 Å². The molecule has 6 heteroatoms. The minimum absolute atomic E-state index is 0.283. The molecule has 3 N–H and O–H groups in total. The molecule has 3 amide bonds. The van der Waals surface area contributed by atoms with Gasteiger partial charge in [-0.3, -0.25) is 10.1 Å². The lowest BCUT2D eigenvalue weighted by atomic mass is 10.1. The Morgan fingerprint density at radius 1 is 1.30 bits per heavy atom. The van der Waals surface area contributed by atoms with Gasteiger partial charge < -0.3 is 15.5 Å². The average Bonchev–Trinajstić information content (AvgIpc) is 2.85. The molecule has 0 saturated carbocycles. The van der Waals surface area contributed by atoms with Crippen molar-refractivity contribution in [2.45, 2.75) is 46.2 Å². The third kappa shape index (κ3) is 5.46. The number of nitrogens with zero attached hydrogens (tertiary/aromatic N) is 1. The van der Waals surface area contributed by atoms with E-state index in [-0.39, 0.29) is 11.9 Å². The van der Waals surface area contributed by atoms with Crippen LogP contribution in [0.15, 0.2) is 0 Å².